The Bertz CT molecular complexity index is 1850. The van der Waals surface area contributed by atoms with Crippen LogP contribution in [-0.2, 0) is 24.7 Å². The summed E-state index contributed by atoms with van der Waals surface area (Å²) in [5.41, 5.74) is 1.26. The number of benzene rings is 2. The molecular formula is C34H36F2N6O4S. The first-order valence-corrected chi connectivity index (χ1v) is 16.5. The molecule has 10 nitrogen and oxygen atoms in total. The van der Waals surface area contributed by atoms with Crippen LogP contribution in [0, 0.1) is 11.6 Å². The van der Waals surface area contributed by atoms with Crippen molar-refractivity contribution >= 4 is 40.5 Å². The molecule has 246 valence electrons. The molecule has 2 aromatic carbocycles. The number of hydrogen-bond donors (Lipinski definition) is 2. The van der Waals surface area contributed by atoms with Crippen molar-refractivity contribution in [3.63, 3.8) is 0 Å². The van der Waals surface area contributed by atoms with E-state index in [1.165, 1.54) is 35.2 Å². The second-order valence-electron chi connectivity index (χ2n) is 11.6. The number of halogens is 2. The number of amides is 2. The minimum atomic E-state index is -1.06. The van der Waals surface area contributed by atoms with Gasteiger partial charge in [-0.25, -0.2) is 18.6 Å². The normalized spacial score (nSPS) is 16.6. The van der Waals surface area contributed by atoms with Crippen LogP contribution in [0.5, 0.6) is 5.06 Å². The molecule has 3 heterocycles. The second-order valence-corrected chi connectivity index (χ2v) is 12.7. The van der Waals surface area contributed by atoms with Crippen LogP contribution in [0.1, 0.15) is 48.7 Å². The molecule has 2 amide bonds. The molecule has 0 spiro atoms. The van der Waals surface area contributed by atoms with Crippen LogP contribution in [0.3, 0.4) is 0 Å². The molecule has 0 radical (unpaired) electrons. The van der Waals surface area contributed by atoms with Crippen molar-refractivity contribution < 1.29 is 23.1 Å². The lowest BCUT2D eigenvalue weighted by atomic mass is 10.00. The number of likely N-dealkylation sites (N-methyl/N-ethyl adjacent to an activating group) is 2. The zero-order chi connectivity index (χ0) is 33.2. The molecule has 1 saturated heterocycles. The van der Waals surface area contributed by atoms with E-state index in [1.807, 2.05) is 30.9 Å². The van der Waals surface area contributed by atoms with E-state index in [4.69, 9.17) is 4.74 Å². The zero-order valence-corrected chi connectivity index (χ0v) is 27.3. The van der Waals surface area contributed by atoms with Crippen LogP contribution >= 0.6 is 11.3 Å². The number of aromatic nitrogens is 2. The van der Waals surface area contributed by atoms with E-state index < -0.39 is 35.0 Å². The summed E-state index contributed by atoms with van der Waals surface area (Å²) in [6, 6.07) is 10.8. The summed E-state index contributed by atoms with van der Waals surface area (Å²) in [6.07, 6.45) is 4.29. The monoisotopic (exact) mass is 662 g/mol. The van der Waals surface area contributed by atoms with Gasteiger partial charge >= 0.3 is 6.09 Å². The Morgan fingerprint density at radius 2 is 1.81 bits per heavy atom. The predicted octanol–water partition coefficient (Wildman–Crippen LogP) is 6.25. The van der Waals surface area contributed by atoms with Crippen molar-refractivity contribution in [2.75, 3.05) is 36.8 Å². The van der Waals surface area contributed by atoms with Crippen molar-refractivity contribution in [3.05, 3.63) is 86.7 Å². The highest BCUT2D eigenvalue weighted by Crippen LogP contribution is 2.35. The van der Waals surface area contributed by atoms with Gasteiger partial charge in [-0.2, -0.15) is 0 Å². The fraction of sp³-hybridized carbons (Fsp3) is 0.353. The fourth-order valence-electron chi connectivity index (χ4n) is 6.13. The first-order valence-electron chi connectivity index (χ1n) is 15.7. The van der Waals surface area contributed by atoms with Gasteiger partial charge in [0.25, 0.3) is 5.56 Å². The van der Waals surface area contributed by atoms with Crippen molar-refractivity contribution in [3.8, 4) is 16.3 Å². The number of nitrogens with one attached hydrogen (secondary N) is 2. The molecule has 13 heteroatoms. The molecule has 2 aliphatic rings. The van der Waals surface area contributed by atoms with E-state index in [0.717, 1.165) is 60.8 Å². The third kappa shape index (κ3) is 6.63. The minimum absolute atomic E-state index is 0.0390. The van der Waals surface area contributed by atoms with Gasteiger partial charge in [0, 0.05) is 49.0 Å². The number of carbonyl (C=O) groups excluding carboxylic acids is 2. The van der Waals surface area contributed by atoms with Gasteiger partial charge < -0.3 is 19.5 Å². The number of piperazine rings is 1. The molecule has 0 bridgehead atoms. The standard InChI is InChI=1S/C34H36F2N6O4S/c1-4-41-16-17-42(5-2)32(43)30(41)20-10-12-22(13-11-20)37-31-33(44)40(3)19-25(38-31)23-14-15-24(35)29(28(23)36)39-34(45)46-27-18-21-8-6-7-9-26(21)47-27/h10-15,18-19,30H,4-9,16-17H2,1-3H3,(H,37,38)(H,39,45). The lowest BCUT2D eigenvalue weighted by Gasteiger charge is -2.40. The lowest BCUT2D eigenvalue weighted by Crippen LogP contribution is -2.51. The summed E-state index contributed by atoms with van der Waals surface area (Å²) in [4.78, 5) is 48.3. The van der Waals surface area contributed by atoms with Crippen LogP contribution < -0.4 is 20.9 Å². The molecule has 47 heavy (non-hydrogen) atoms. The van der Waals surface area contributed by atoms with Gasteiger partial charge in [-0.05, 0) is 80.6 Å². The third-order valence-corrected chi connectivity index (χ3v) is 9.79. The van der Waals surface area contributed by atoms with Gasteiger partial charge in [-0.15, -0.1) is 11.3 Å². The van der Waals surface area contributed by atoms with Gasteiger partial charge in [-0.1, -0.05) is 19.1 Å². The van der Waals surface area contributed by atoms with E-state index in [-0.39, 0.29) is 23.0 Å². The predicted molar refractivity (Wildman–Crippen MR) is 177 cm³/mol. The number of hydrogen-bond acceptors (Lipinski definition) is 8. The number of anilines is 3. The highest BCUT2D eigenvalue weighted by atomic mass is 32.1. The quantitative estimate of drug-likeness (QED) is 0.230. The minimum Gasteiger partial charge on any atom is -0.399 e. The number of aryl methyl sites for hydroxylation is 3. The average Bonchev–Trinajstić information content (AvgIpc) is 3.47. The van der Waals surface area contributed by atoms with E-state index >= 15 is 4.39 Å². The summed E-state index contributed by atoms with van der Waals surface area (Å²) >= 11 is 1.36. The lowest BCUT2D eigenvalue weighted by molar-refractivity contribution is -0.141. The van der Waals surface area contributed by atoms with E-state index in [2.05, 4.69) is 20.5 Å². The topological polar surface area (TPSA) is 109 Å². The number of rotatable bonds is 8. The van der Waals surface area contributed by atoms with Crippen molar-refractivity contribution in [1.29, 1.82) is 0 Å². The Balaban J connectivity index is 1.22. The molecular weight excluding hydrogens is 626 g/mol. The summed E-state index contributed by atoms with van der Waals surface area (Å²) in [7, 11) is 1.49. The molecule has 4 aromatic rings. The van der Waals surface area contributed by atoms with Crippen LogP contribution in [0.15, 0.2) is 53.5 Å². The first kappa shape index (κ1) is 32.3. The van der Waals surface area contributed by atoms with Gasteiger partial charge in [0.05, 0.1) is 5.69 Å². The smallest absolute Gasteiger partial charge is 0.399 e. The van der Waals surface area contributed by atoms with Gasteiger partial charge in [0.2, 0.25) is 5.91 Å². The second kappa shape index (κ2) is 13.6. The number of nitrogens with zero attached hydrogens (tertiary/aromatic N) is 4. The van der Waals surface area contributed by atoms with Crippen LogP contribution in [-0.4, -0.2) is 57.5 Å². The summed E-state index contributed by atoms with van der Waals surface area (Å²) in [5.74, 6) is -2.08. The Hall–Kier alpha value is -4.62. The van der Waals surface area contributed by atoms with Crippen LogP contribution in [0.25, 0.3) is 11.3 Å². The molecule has 2 N–H and O–H groups in total. The molecule has 1 aliphatic carbocycles. The van der Waals surface area contributed by atoms with Gasteiger partial charge in [-0.3, -0.25) is 19.8 Å². The van der Waals surface area contributed by atoms with Gasteiger partial charge in [0.1, 0.15) is 17.5 Å². The maximum absolute atomic E-state index is 15.8. The SMILES string of the molecule is CCN1CCN(CC)C(c2ccc(Nc3nc(-c4ccc(F)c(NC(=O)Oc5cc6c(s5)CCCC6)c4F)cn(C)c3=O)cc2)C1=O. The van der Waals surface area contributed by atoms with Crippen molar-refractivity contribution in [2.45, 2.75) is 45.6 Å². The van der Waals surface area contributed by atoms with E-state index in [1.54, 1.807) is 18.2 Å². The van der Waals surface area contributed by atoms with E-state index in [0.29, 0.717) is 23.8 Å². The zero-order valence-electron chi connectivity index (χ0n) is 26.4. The molecule has 1 atom stereocenters. The number of thiophene rings is 1. The van der Waals surface area contributed by atoms with Crippen molar-refractivity contribution in [1.82, 2.24) is 19.4 Å². The Kier molecular flexibility index (Phi) is 9.37. The summed E-state index contributed by atoms with van der Waals surface area (Å²) in [6.45, 7) is 6.84. The maximum Gasteiger partial charge on any atom is 0.418 e. The fourth-order valence-corrected chi connectivity index (χ4v) is 7.23. The first-order chi connectivity index (χ1) is 22.7. The molecule has 1 aliphatic heterocycles. The number of ether oxygens (including phenoxy) is 1. The number of fused-ring (bicyclic) bond motifs is 1. The summed E-state index contributed by atoms with van der Waals surface area (Å²) < 4.78 is 37.2. The van der Waals surface area contributed by atoms with E-state index in [9.17, 15) is 18.8 Å². The Morgan fingerprint density at radius 3 is 2.53 bits per heavy atom. The molecule has 6 rings (SSSR count). The molecule has 1 fully saturated rings. The third-order valence-electron chi connectivity index (χ3n) is 8.68. The molecule has 2 aromatic heterocycles. The largest absolute Gasteiger partial charge is 0.418 e. The van der Waals surface area contributed by atoms with Crippen molar-refractivity contribution in [2.24, 2.45) is 7.05 Å². The summed E-state index contributed by atoms with van der Waals surface area (Å²) in [5, 5.41) is 5.56. The molecule has 0 saturated carbocycles. The highest BCUT2D eigenvalue weighted by Gasteiger charge is 2.34. The van der Waals surface area contributed by atoms with Crippen LogP contribution in [0.2, 0.25) is 0 Å². The Labute approximate surface area is 275 Å². The average molecular weight is 663 g/mol. The maximum atomic E-state index is 15.8. The van der Waals surface area contributed by atoms with Gasteiger partial charge in [0.15, 0.2) is 16.7 Å². The Morgan fingerprint density at radius 1 is 1.04 bits per heavy atom. The number of carbonyl (C=O) groups is 2. The van der Waals surface area contributed by atoms with Crippen LogP contribution in [0.4, 0.5) is 30.8 Å². The molecule has 1 unspecified atom stereocenters. The highest BCUT2D eigenvalue weighted by molar-refractivity contribution is 7.14.